The van der Waals surface area contributed by atoms with E-state index in [1.807, 2.05) is 29.5 Å². The van der Waals surface area contributed by atoms with Crippen LogP contribution in [0.3, 0.4) is 0 Å². The minimum atomic E-state index is -1.08. The fourth-order valence-corrected chi connectivity index (χ4v) is 2.38. The van der Waals surface area contributed by atoms with Gasteiger partial charge in [0.05, 0.1) is 23.9 Å². The Bertz CT molecular complexity index is 502. The Morgan fingerprint density at radius 3 is 2.71 bits per heavy atom. The molecule has 21 heavy (non-hydrogen) atoms. The van der Waals surface area contributed by atoms with Crippen molar-refractivity contribution in [1.29, 1.82) is 0 Å². The van der Waals surface area contributed by atoms with Crippen LogP contribution < -0.4 is 10.6 Å². The molecule has 0 aliphatic rings. The van der Waals surface area contributed by atoms with Crippen LogP contribution in [0.25, 0.3) is 0 Å². The van der Waals surface area contributed by atoms with Crippen molar-refractivity contribution < 1.29 is 19.4 Å². The quantitative estimate of drug-likeness (QED) is 0.608. The number of carboxylic acids is 1. The van der Waals surface area contributed by atoms with Crippen LogP contribution in [-0.4, -0.2) is 36.9 Å². The van der Waals surface area contributed by atoms with Crippen molar-refractivity contribution in [3.63, 3.8) is 0 Å². The fraction of sp³-hybridized carbons (Fsp3) is 0.429. The molecule has 116 valence electrons. The number of benzene rings is 1. The summed E-state index contributed by atoms with van der Waals surface area (Å²) in [5.74, 6) is -1.08. The highest BCUT2D eigenvalue weighted by Gasteiger charge is 2.15. The molecule has 2 amide bonds. The van der Waals surface area contributed by atoms with Crippen molar-refractivity contribution in [2.45, 2.75) is 25.8 Å². The predicted molar refractivity (Wildman–Crippen MR) is 88.8 cm³/mol. The second-order valence-corrected chi connectivity index (χ2v) is 5.78. The standard InChI is InChI=1S/C14H19IN2O4/c1-3-4-10(8-21-2)16-14(20)17-12-6-5-9(15)7-11(12)13(18)19/h5-7,10H,3-4,8H2,1-2H3,(H,18,19)(H2,16,17,20). The summed E-state index contributed by atoms with van der Waals surface area (Å²) in [5, 5.41) is 14.5. The number of methoxy groups -OCH3 is 1. The third-order valence-corrected chi connectivity index (χ3v) is 3.47. The number of nitrogens with one attached hydrogen (secondary N) is 2. The molecule has 1 aromatic rings. The van der Waals surface area contributed by atoms with Crippen LogP contribution in [0.15, 0.2) is 18.2 Å². The molecule has 1 unspecified atom stereocenters. The lowest BCUT2D eigenvalue weighted by Gasteiger charge is -2.18. The number of ether oxygens (including phenoxy) is 1. The molecule has 0 bridgehead atoms. The van der Waals surface area contributed by atoms with Crippen molar-refractivity contribution in [3.8, 4) is 0 Å². The molecule has 0 aromatic heterocycles. The zero-order valence-electron chi connectivity index (χ0n) is 12.0. The van der Waals surface area contributed by atoms with Gasteiger partial charge in [0.25, 0.3) is 0 Å². The molecule has 3 N–H and O–H groups in total. The first-order valence-electron chi connectivity index (χ1n) is 6.57. The molecule has 0 spiro atoms. The Morgan fingerprint density at radius 2 is 2.14 bits per heavy atom. The molecule has 0 saturated carbocycles. The van der Waals surface area contributed by atoms with Gasteiger partial charge < -0.3 is 20.5 Å². The highest BCUT2D eigenvalue weighted by Crippen LogP contribution is 2.19. The second-order valence-electron chi connectivity index (χ2n) is 4.53. The number of amides is 2. The topological polar surface area (TPSA) is 87.7 Å². The number of anilines is 1. The highest BCUT2D eigenvalue weighted by atomic mass is 127. The first-order valence-corrected chi connectivity index (χ1v) is 7.65. The van der Waals surface area contributed by atoms with Crippen molar-refractivity contribution in [2.75, 3.05) is 19.0 Å². The van der Waals surface area contributed by atoms with E-state index >= 15 is 0 Å². The van der Waals surface area contributed by atoms with E-state index in [0.29, 0.717) is 6.61 Å². The number of halogens is 1. The molecule has 7 heteroatoms. The van der Waals surface area contributed by atoms with Gasteiger partial charge in [-0.05, 0) is 47.2 Å². The molecule has 1 rings (SSSR count). The maximum atomic E-state index is 12.0. The number of hydrogen-bond acceptors (Lipinski definition) is 3. The minimum Gasteiger partial charge on any atom is -0.478 e. The lowest BCUT2D eigenvalue weighted by atomic mass is 10.1. The minimum absolute atomic E-state index is 0.0656. The van der Waals surface area contributed by atoms with Crippen LogP contribution in [0.2, 0.25) is 0 Å². The Balaban J connectivity index is 2.76. The summed E-state index contributed by atoms with van der Waals surface area (Å²) in [6, 6.07) is 4.29. The SMILES string of the molecule is CCCC(COC)NC(=O)Nc1ccc(I)cc1C(=O)O. The summed E-state index contributed by atoms with van der Waals surface area (Å²) in [4.78, 5) is 23.1. The second kappa shape index (κ2) is 8.83. The van der Waals surface area contributed by atoms with Gasteiger partial charge in [0, 0.05) is 10.7 Å². The third-order valence-electron chi connectivity index (χ3n) is 2.80. The Hall–Kier alpha value is -1.35. The zero-order valence-corrected chi connectivity index (χ0v) is 14.1. The first-order chi connectivity index (χ1) is 9.97. The summed E-state index contributed by atoms with van der Waals surface area (Å²) in [5.41, 5.74) is 0.337. The normalized spacial score (nSPS) is 11.8. The zero-order chi connectivity index (χ0) is 15.8. The maximum Gasteiger partial charge on any atom is 0.337 e. The number of carboxylic acid groups (broad SMARTS) is 1. The monoisotopic (exact) mass is 406 g/mol. The van der Waals surface area contributed by atoms with Crippen molar-refractivity contribution in [1.82, 2.24) is 5.32 Å². The van der Waals surface area contributed by atoms with E-state index in [9.17, 15) is 9.59 Å². The van der Waals surface area contributed by atoms with Crippen molar-refractivity contribution in [3.05, 3.63) is 27.3 Å². The van der Waals surface area contributed by atoms with Gasteiger partial charge in [-0.15, -0.1) is 0 Å². The first kappa shape index (κ1) is 17.7. The number of urea groups is 1. The van der Waals surface area contributed by atoms with Crippen molar-refractivity contribution in [2.24, 2.45) is 0 Å². The van der Waals surface area contributed by atoms with Gasteiger partial charge in [-0.1, -0.05) is 13.3 Å². The van der Waals surface area contributed by atoms with E-state index < -0.39 is 12.0 Å². The van der Waals surface area contributed by atoms with E-state index in [-0.39, 0.29) is 17.3 Å². The van der Waals surface area contributed by atoms with Crippen LogP contribution in [-0.2, 0) is 4.74 Å². The number of carbonyl (C=O) groups is 2. The average molecular weight is 406 g/mol. The molecule has 0 aliphatic heterocycles. The van der Waals surface area contributed by atoms with Crippen LogP contribution in [0.5, 0.6) is 0 Å². The van der Waals surface area contributed by atoms with E-state index in [1.54, 1.807) is 19.2 Å². The van der Waals surface area contributed by atoms with Gasteiger partial charge in [0.2, 0.25) is 0 Å². The number of hydrogen-bond donors (Lipinski definition) is 3. The van der Waals surface area contributed by atoms with Crippen LogP contribution in [0, 0.1) is 3.57 Å². The maximum absolute atomic E-state index is 12.0. The summed E-state index contributed by atoms with van der Waals surface area (Å²) >= 11 is 2.02. The molecular weight excluding hydrogens is 387 g/mol. The van der Waals surface area contributed by atoms with Crippen molar-refractivity contribution >= 4 is 40.3 Å². The lowest BCUT2D eigenvalue weighted by molar-refractivity contribution is 0.0698. The molecule has 0 radical (unpaired) electrons. The lowest BCUT2D eigenvalue weighted by Crippen LogP contribution is -2.40. The Morgan fingerprint density at radius 1 is 1.43 bits per heavy atom. The van der Waals surface area contributed by atoms with Gasteiger partial charge in [0.15, 0.2) is 0 Å². The Labute approximate surface area is 137 Å². The smallest absolute Gasteiger partial charge is 0.337 e. The highest BCUT2D eigenvalue weighted by molar-refractivity contribution is 14.1. The summed E-state index contributed by atoms with van der Waals surface area (Å²) in [6.45, 7) is 2.43. The molecule has 0 aliphatic carbocycles. The molecule has 0 heterocycles. The molecule has 0 saturated heterocycles. The molecule has 1 atom stereocenters. The molecule has 1 aromatic carbocycles. The summed E-state index contributed by atoms with van der Waals surface area (Å²) in [6.07, 6.45) is 1.71. The van der Waals surface area contributed by atoms with Gasteiger partial charge in [-0.2, -0.15) is 0 Å². The van der Waals surface area contributed by atoms with E-state index in [0.717, 1.165) is 16.4 Å². The summed E-state index contributed by atoms with van der Waals surface area (Å²) < 4.78 is 5.84. The van der Waals surface area contributed by atoms with E-state index in [4.69, 9.17) is 9.84 Å². The molecular formula is C14H19IN2O4. The fourth-order valence-electron chi connectivity index (χ4n) is 1.89. The van der Waals surface area contributed by atoms with Gasteiger partial charge in [-0.25, -0.2) is 9.59 Å². The Kier molecular flexibility index (Phi) is 7.44. The van der Waals surface area contributed by atoms with Crippen LogP contribution in [0.4, 0.5) is 10.5 Å². The van der Waals surface area contributed by atoms with Gasteiger partial charge >= 0.3 is 12.0 Å². The number of aromatic carboxylic acids is 1. The van der Waals surface area contributed by atoms with Gasteiger partial charge in [0.1, 0.15) is 0 Å². The number of rotatable bonds is 7. The number of carbonyl (C=O) groups excluding carboxylic acids is 1. The van der Waals surface area contributed by atoms with Gasteiger partial charge in [-0.3, -0.25) is 0 Å². The average Bonchev–Trinajstić information content (AvgIpc) is 2.41. The van der Waals surface area contributed by atoms with E-state index in [1.165, 1.54) is 6.07 Å². The van der Waals surface area contributed by atoms with E-state index in [2.05, 4.69) is 10.6 Å². The summed E-state index contributed by atoms with van der Waals surface area (Å²) in [7, 11) is 1.57. The predicted octanol–water partition coefficient (Wildman–Crippen LogP) is 2.93. The van der Waals surface area contributed by atoms with Crippen LogP contribution in [0.1, 0.15) is 30.1 Å². The third kappa shape index (κ3) is 5.88. The molecule has 6 nitrogen and oxygen atoms in total. The largest absolute Gasteiger partial charge is 0.478 e. The van der Waals surface area contributed by atoms with Crippen LogP contribution >= 0.6 is 22.6 Å². The molecule has 0 fully saturated rings.